The van der Waals surface area contributed by atoms with Gasteiger partial charge in [0.1, 0.15) is 17.2 Å². The molecular weight excluding hydrogens is 582 g/mol. The number of halogens is 3. The van der Waals surface area contributed by atoms with Crippen LogP contribution in [0.25, 0.3) is 0 Å². The Hall–Kier alpha value is -3.34. The van der Waals surface area contributed by atoms with E-state index in [-0.39, 0.29) is 29.8 Å². The molecule has 0 bridgehead atoms. The highest BCUT2D eigenvalue weighted by Gasteiger charge is 2.56. The van der Waals surface area contributed by atoms with Crippen molar-refractivity contribution in [2.45, 2.75) is 50.2 Å². The number of amides is 1. The standard InChI is InChI=1S/C31H29Cl2FN4O4/c1-18-36-26(16-37(18)3)29(2,40)20-12-24-27(25(34)13-20)31(42-17-30(41)10-11-30,19-4-6-21(32)7-5-19)38(28(24)39)15-23-9-8-22(33)14-35-23/h4-9,12-14,16,40-41H,10-11,15,17H2,1-3H3/t29?,31-/m1/s1. The minimum Gasteiger partial charge on any atom is -0.387 e. The number of rotatable bonds is 8. The zero-order chi connectivity index (χ0) is 30.0. The van der Waals surface area contributed by atoms with Gasteiger partial charge < -0.3 is 19.5 Å². The summed E-state index contributed by atoms with van der Waals surface area (Å²) >= 11 is 12.3. The average molecular weight is 612 g/mol. The van der Waals surface area contributed by atoms with Crippen LogP contribution in [0.4, 0.5) is 4.39 Å². The highest BCUT2D eigenvalue weighted by Crippen LogP contribution is 2.50. The van der Waals surface area contributed by atoms with E-state index in [9.17, 15) is 15.0 Å². The number of aromatic nitrogens is 3. The van der Waals surface area contributed by atoms with Crippen molar-refractivity contribution in [3.05, 3.63) is 116 Å². The van der Waals surface area contributed by atoms with E-state index in [1.165, 1.54) is 30.2 Å². The van der Waals surface area contributed by atoms with Crippen molar-refractivity contribution in [2.75, 3.05) is 6.61 Å². The Morgan fingerprint density at radius 2 is 1.81 bits per heavy atom. The lowest BCUT2D eigenvalue weighted by Gasteiger charge is -2.40. The summed E-state index contributed by atoms with van der Waals surface area (Å²) in [5.41, 5.74) is -3.16. The number of carbonyl (C=O) groups is 1. The smallest absolute Gasteiger partial charge is 0.257 e. The summed E-state index contributed by atoms with van der Waals surface area (Å²) in [6, 6.07) is 12.6. The second-order valence-corrected chi connectivity index (χ2v) is 12.1. The van der Waals surface area contributed by atoms with Crippen LogP contribution in [0.15, 0.2) is 60.9 Å². The summed E-state index contributed by atoms with van der Waals surface area (Å²) in [7, 11) is 1.79. The number of aryl methyl sites for hydroxylation is 2. The number of fused-ring (bicyclic) bond motifs is 1. The summed E-state index contributed by atoms with van der Waals surface area (Å²) in [6.45, 7) is 3.10. The van der Waals surface area contributed by atoms with Gasteiger partial charge in [-0.1, -0.05) is 35.3 Å². The number of nitrogens with zero attached hydrogens (tertiary/aromatic N) is 4. The Kier molecular flexibility index (Phi) is 6.94. The van der Waals surface area contributed by atoms with E-state index >= 15 is 4.39 Å². The molecule has 2 aromatic heterocycles. The Bertz CT molecular complexity index is 1670. The molecule has 42 heavy (non-hydrogen) atoms. The van der Waals surface area contributed by atoms with Gasteiger partial charge in [0, 0.05) is 30.0 Å². The molecule has 4 aromatic rings. The minimum absolute atomic E-state index is 0.0182. The minimum atomic E-state index is -1.77. The van der Waals surface area contributed by atoms with Crippen LogP contribution < -0.4 is 0 Å². The first kappa shape index (κ1) is 28.8. The Labute approximate surface area is 252 Å². The Morgan fingerprint density at radius 3 is 2.40 bits per heavy atom. The van der Waals surface area contributed by atoms with Crippen LogP contribution in [0.5, 0.6) is 0 Å². The van der Waals surface area contributed by atoms with Crippen molar-refractivity contribution in [1.29, 1.82) is 0 Å². The molecule has 2 atom stereocenters. The molecule has 0 radical (unpaired) electrons. The van der Waals surface area contributed by atoms with Gasteiger partial charge >= 0.3 is 0 Å². The first-order valence-corrected chi connectivity index (χ1v) is 14.2. The van der Waals surface area contributed by atoms with Gasteiger partial charge in [-0.2, -0.15) is 0 Å². The molecule has 11 heteroatoms. The van der Waals surface area contributed by atoms with Gasteiger partial charge in [-0.15, -0.1) is 0 Å². The maximum atomic E-state index is 16.6. The number of hydrogen-bond donors (Lipinski definition) is 2. The zero-order valence-corrected chi connectivity index (χ0v) is 24.7. The fourth-order valence-corrected chi connectivity index (χ4v) is 5.59. The van der Waals surface area contributed by atoms with Crippen LogP contribution in [0.1, 0.15) is 64.0 Å². The normalized spacial score (nSPS) is 20.5. The third-order valence-corrected chi connectivity index (χ3v) is 8.65. The lowest BCUT2D eigenvalue weighted by atomic mass is 9.87. The molecule has 1 aliphatic heterocycles. The maximum Gasteiger partial charge on any atom is 0.257 e. The lowest BCUT2D eigenvalue weighted by Crippen LogP contribution is -2.48. The number of benzene rings is 2. The van der Waals surface area contributed by atoms with Crippen molar-refractivity contribution in [1.82, 2.24) is 19.4 Å². The predicted octanol–water partition coefficient (Wildman–Crippen LogP) is 5.22. The monoisotopic (exact) mass is 610 g/mol. The molecule has 218 valence electrons. The zero-order valence-electron chi connectivity index (χ0n) is 23.2. The fraction of sp³-hybridized carbons (Fsp3) is 0.323. The molecule has 1 aliphatic carbocycles. The van der Waals surface area contributed by atoms with E-state index < -0.39 is 28.7 Å². The highest BCUT2D eigenvalue weighted by molar-refractivity contribution is 6.30. The topological polar surface area (TPSA) is 101 Å². The molecular formula is C31H29Cl2FN4O4. The maximum absolute atomic E-state index is 16.6. The summed E-state index contributed by atoms with van der Waals surface area (Å²) < 4.78 is 24.8. The van der Waals surface area contributed by atoms with Gasteiger partial charge in [0.05, 0.1) is 46.3 Å². The predicted molar refractivity (Wildman–Crippen MR) is 155 cm³/mol. The van der Waals surface area contributed by atoms with Crippen LogP contribution in [-0.2, 0) is 29.7 Å². The van der Waals surface area contributed by atoms with Gasteiger partial charge in [0.15, 0.2) is 5.72 Å². The van der Waals surface area contributed by atoms with Crippen molar-refractivity contribution in [3.8, 4) is 0 Å². The first-order valence-electron chi connectivity index (χ1n) is 13.5. The molecule has 8 nitrogen and oxygen atoms in total. The molecule has 1 unspecified atom stereocenters. The summed E-state index contributed by atoms with van der Waals surface area (Å²) in [4.78, 5) is 24.5. The van der Waals surface area contributed by atoms with Gasteiger partial charge in [-0.25, -0.2) is 9.37 Å². The van der Waals surface area contributed by atoms with Crippen molar-refractivity contribution in [2.24, 2.45) is 7.05 Å². The molecule has 1 saturated carbocycles. The number of ether oxygens (including phenoxy) is 1. The first-order chi connectivity index (χ1) is 19.8. The number of aliphatic hydroxyl groups is 2. The number of hydrogen-bond acceptors (Lipinski definition) is 6. The quantitative estimate of drug-likeness (QED) is 0.283. The van der Waals surface area contributed by atoms with Crippen molar-refractivity contribution >= 4 is 29.1 Å². The number of imidazole rings is 1. The summed E-state index contributed by atoms with van der Waals surface area (Å²) in [5, 5.41) is 23.2. The van der Waals surface area contributed by atoms with Crippen LogP contribution in [0, 0.1) is 12.7 Å². The van der Waals surface area contributed by atoms with Crippen LogP contribution >= 0.6 is 23.2 Å². The SMILES string of the molecule is Cc1nc(C(C)(O)c2cc(F)c3c(c2)C(=O)N(Cc2ccc(Cl)cn2)[C@@]3(OCC2(O)CC2)c2ccc(Cl)cc2)cn1C. The van der Waals surface area contributed by atoms with E-state index in [1.54, 1.807) is 61.1 Å². The lowest BCUT2D eigenvalue weighted by molar-refractivity contribution is -0.139. The summed E-state index contributed by atoms with van der Waals surface area (Å²) in [6.07, 6.45) is 4.18. The van der Waals surface area contributed by atoms with Gasteiger partial charge in [0.25, 0.3) is 5.91 Å². The molecule has 1 fully saturated rings. The summed E-state index contributed by atoms with van der Waals surface area (Å²) in [5.74, 6) is -0.626. The fourth-order valence-electron chi connectivity index (χ4n) is 5.35. The molecule has 2 aliphatic rings. The Balaban J connectivity index is 1.56. The van der Waals surface area contributed by atoms with Crippen LogP contribution in [-0.4, -0.2) is 47.8 Å². The molecule has 1 amide bonds. The third kappa shape index (κ3) is 4.79. The van der Waals surface area contributed by atoms with E-state index in [0.717, 1.165) is 0 Å². The average Bonchev–Trinajstić information content (AvgIpc) is 3.52. The van der Waals surface area contributed by atoms with Gasteiger partial charge in [-0.05, 0) is 68.7 Å². The van der Waals surface area contributed by atoms with Crippen LogP contribution in [0.2, 0.25) is 10.0 Å². The van der Waals surface area contributed by atoms with E-state index in [0.29, 0.717) is 45.7 Å². The molecule has 2 N–H and O–H groups in total. The van der Waals surface area contributed by atoms with E-state index in [4.69, 9.17) is 27.9 Å². The second kappa shape index (κ2) is 10.1. The second-order valence-electron chi connectivity index (χ2n) is 11.3. The van der Waals surface area contributed by atoms with Crippen molar-refractivity contribution in [3.63, 3.8) is 0 Å². The molecule has 0 spiro atoms. The largest absolute Gasteiger partial charge is 0.387 e. The van der Waals surface area contributed by atoms with Gasteiger partial charge in [-0.3, -0.25) is 14.7 Å². The molecule has 6 rings (SSSR count). The Morgan fingerprint density at radius 1 is 1.12 bits per heavy atom. The number of carbonyl (C=O) groups excluding carboxylic acids is 1. The van der Waals surface area contributed by atoms with Crippen LogP contribution in [0.3, 0.4) is 0 Å². The highest BCUT2D eigenvalue weighted by atomic mass is 35.5. The van der Waals surface area contributed by atoms with E-state index in [2.05, 4.69) is 9.97 Å². The molecule has 0 saturated heterocycles. The van der Waals surface area contributed by atoms with Gasteiger partial charge in [0.2, 0.25) is 0 Å². The molecule has 3 heterocycles. The van der Waals surface area contributed by atoms with Crippen molar-refractivity contribution < 1.29 is 24.1 Å². The van der Waals surface area contributed by atoms with E-state index in [1.807, 2.05) is 0 Å². The number of pyridine rings is 1. The molecule has 2 aromatic carbocycles. The third-order valence-electron chi connectivity index (χ3n) is 8.18.